The van der Waals surface area contributed by atoms with Gasteiger partial charge in [0.2, 0.25) is 11.7 Å². The van der Waals surface area contributed by atoms with Crippen LogP contribution in [-0.2, 0) is 22.1 Å². The van der Waals surface area contributed by atoms with E-state index in [1.54, 1.807) is 30.2 Å². The lowest BCUT2D eigenvalue weighted by Gasteiger charge is -2.37. The number of fused-ring (bicyclic) bond motifs is 4. The summed E-state index contributed by atoms with van der Waals surface area (Å²) in [5, 5.41) is 7.06. The van der Waals surface area contributed by atoms with Crippen molar-refractivity contribution in [1.82, 2.24) is 24.1 Å². The van der Waals surface area contributed by atoms with Crippen molar-refractivity contribution in [2.24, 2.45) is 0 Å². The van der Waals surface area contributed by atoms with E-state index in [9.17, 15) is 27.6 Å². The van der Waals surface area contributed by atoms with E-state index in [0.29, 0.717) is 49.7 Å². The number of halogens is 4. The second kappa shape index (κ2) is 12.2. The molecule has 264 valence electrons. The van der Waals surface area contributed by atoms with Gasteiger partial charge in [0.15, 0.2) is 5.82 Å². The fraction of sp³-hybridized carbons (Fsp3) is 0.441. The maximum absolute atomic E-state index is 14.4. The number of aromatic nitrogens is 4. The zero-order chi connectivity index (χ0) is 35.7. The Morgan fingerprint density at radius 2 is 1.80 bits per heavy atom. The zero-order valence-electron chi connectivity index (χ0n) is 27.8. The van der Waals surface area contributed by atoms with E-state index in [0.717, 1.165) is 35.9 Å². The number of carbonyl (C=O) groups is 2. The molecule has 3 aliphatic heterocycles. The standard InChI is InChI=1S/C34H35ClF3N7O5/c1-18-15-24(29(46)39-23-7-6-21(17-22(23)35)34(36,37)38)44-26(18)27(42-10-12-43(13-11-42)32(48)50-33(2,3)4)30(47)45-31(44)40-28(41-45)20-5-8-25-19(16-20)9-14-49-25/h5-8,16-18,24H,9-15H2,1-4H3,(H,39,46)/t18-,24-/m0/s1. The van der Waals surface area contributed by atoms with Gasteiger partial charge >= 0.3 is 12.3 Å². The van der Waals surface area contributed by atoms with Gasteiger partial charge in [0.25, 0.3) is 5.56 Å². The molecule has 16 heteroatoms. The lowest BCUT2D eigenvalue weighted by Crippen LogP contribution is -2.51. The summed E-state index contributed by atoms with van der Waals surface area (Å²) in [6.45, 7) is 9.10. The van der Waals surface area contributed by atoms with Crippen molar-refractivity contribution in [2.75, 3.05) is 43.0 Å². The molecule has 1 fully saturated rings. The number of hydrogen-bond acceptors (Lipinski definition) is 8. The quantitative estimate of drug-likeness (QED) is 0.277. The number of rotatable bonds is 4. The largest absolute Gasteiger partial charge is 0.493 e. The summed E-state index contributed by atoms with van der Waals surface area (Å²) in [5.74, 6) is 0.363. The van der Waals surface area contributed by atoms with Crippen molar-refractivity contribution in [3.8, 4) is 17.1 Å². The Hall–Kier alpha value is -4.79. The van der Waals surface area contributed by atoms with Crippen molar-refractivity contribution in [3.63, 3.8) is 0 Å². The van der Waals surface area contributed by atoms with Crippen molar-refractivity contribution in [1.29, 1.82) is 0 Å². The Morgan fingerprint density at radius 1 is 1.06 bits per heavy atom. The van der Waals surface area contributed by atoms with Crippen molar-refractivity contribution in [2.45, 2.75) is 64.3 Å². The maximum atomic E-state index is 14.4. The number of anilines is 2. The number of alkyl halides is 3. The molecule has 50 heavy (non-hydrogen) atoms. The number of hydrogen-bond donors (Lipinski definition) is 1. The first-order valence-electron chi connectivity index (χ1n) is 16.3. The van der Waals surface area contributed by atoms with Gasteiger partial charge in [-0.1, -0.05) is 18.5 Å². The van der Waals surface area contributed by atoms with Crippen LogP contribution in [0.3, 0.4) is 0 Å². The summed E-state index contributed by atoms with van der Waals surface area (Å²) in [4.78, 5) is 49.4. The number of amides is 2. The maximum Gasteiger partial charge on any atom is 0.416 e. The molecule has 0 radical (unpaired) electrons. The Kier molecular flexibility index (Phi) is 8.23. The van der Waals surface area contributed by atoms with Crippen LogP contribution in [0.15, 0.2) is 41.2 Å². The lowest BCUT2D eigenvalue weighted by atomic mass is 10.0. The molecule has 0 unspecified atom stereocenters. The van der Waals surface area contributed by atoms with E-state index >= 15 is 0 Å². The molecule has 1 saturated heterocycles. The molecule has 3 aliphatic rings. The van der Waals surface area contributed by atoms with Gasteiger partial charge in [-0.2, -0.15) is 22.7 Å². The van der Waals surface area contributed by atoms with Gasteiger partial charge < -0.3 is 24.6 Å². The van der Waals surface area contributed by atoms with Crippen LogP contribution in [0.4, 0.5) is 29.3 Å². The van der Waals surface area contributed by atoms with Gasteiger partial charge in [-0.3, -0.25) is 14.2 Å². The molecular weight excluding hydrogens is 679 g/mol. The van der Waals surface area contributed by atoms with E-state index in [1.807, 2.05) is 30.0 Å². The fourth-order valence-corrected chi connectivity index (χ4v) is 7.00. The topological polar surface area (TPSA) is 123 Å². The SMILES string of the molecule is C[C@H]1C[C@@H](C(=O)Nc2ccc(C(F)(F)F)cc2Cl)n2c1c(N1CCN(C(=O)OC(C)(C)C)CC1)c(=O)n1nc(-c3ccc4c(c3)CCO4)nc21. The Bertz CT molecular complexity index is 2080. The van der Waals surface area contributed by atoms with Gasteiger partial charge in [-0.05, 0) is 69.2 Å². The Morgan fingerprint density at radius 3 is 2.48 bits per heavy atom. The first-order valence-corrected chi connectivity index (χ1v) is 16.7. The third-order valence-corrected chi connectivity index (χ3v) is 9.42. The van der Waals surface area contributed by atoms with E-state index in [-0.39, 0.29) is 34.7 Å². The third-order valence-electron chi connectivity index (χ3n) is 9.11. The predicted octanol–water partition coefficient (Wildman–Crippen LogP) is 5.91. The fourth-order valence-electron chi connectivity index (χ4n) is 6.78. The van der Waals surface area contributed by atoms with Gasteiger partial charge in [-0.25, -0.2) is 4.79 Å². The second-order valence-electron chi connectivity index (χ2n) is 13.8. The molecule has 0 saturated carbocycles. The van der Waals surface area contributed by atoms with Crippen molar-refractivity contribution < 1.29 is 32.2 Å². The molecule has 12 nitrogen and oxygen atoms in total. The van der Waals surface area contributed by atoms with Crippen LogP contribution in [0.2, 0.25) is 5.02 Å². The number of ether oxygens (including phenoxy) is 2. The molecule has 0 bridgehead atoms. The van der Waals surface area contributed by atoms with Gasteiger partial charge in [0.05, 0.1) is 28.6 Å². The first-order chi connectivity index (χ1) is 23.6. The normalized spacial score (nSPS) is 19.0. The minimum absolute atomic E-state index is 0.0174. The molecule has 4 aromatic rings. The molecule has 0 aliphatic carbocycles. The highest BCUT2D eigenvalue weighted by atomic mass is 35.5. The summed E-state index contributed by atoms with van der Waals surface area (Å²) in [7, 11) is 0. The van der Waals surface area contributed by atoms with E-state index in [2.05, 4.69) is 10.4 Å². The number of carbonyl (C=O) groups excluding carboxylic acids is 2. The Labute approximate surface area is 289 Å². The van der Waals surface area contributed by atoms with E-state index in [1.165, 1.54) is 4.52 Å². The zero-order valence-corrected chi connectivity index (χ0v) is 28.6. The van der Waals surface area contributed by atoms with Crippen LogP contribution < -0.4 is 20.5 Å². The summed E-state index contributed by atoms with van der Waals surface area (Å²) in [5.41, 5.74) is 0.578. The molecule has 2 amide bonds. The lowest BCUT2D eigenvalue weighted by molar-refractivity contribution is -0.137. The van der Waals surface area contributed by atoms with E-state index < -0.39 is 40.9 Å². The predicted molar refractivity (Wildman–Crippen MR) is 179 cm³/mol. The summed E-state index contributed by atoms with van der Waals surface area (Å²) in [6.07, 6.45) is -4.05. The Balaban J connectivity index is 1.29. The minimum atomic E-state index is -4.60. The highest BCUT2D eigenvalue weighted by molar-refractivity contribution is 6.33. The molecule has 7 rings (SSSR count). The average Bonchev–Trinajstić information content (AvgIpc) is 3.78. The third kappa shape index (κ3) is 6.11. The minimum Gasteiger partial charge on any atom is -0.493 e. The summed E-state index contributed by atoms with van der Waals surface area (Å²) >= 11 is 6.20. The van der Waals surface area contributed by atoms with E-state index in [4.69, 9.17) is 26.1 Å². The number of nitrogens with zero attached hydrogens (tertiary/aromatic N) is 6. The molecule has 0 spiro atoms. The molecule has 1 N–H and O–H groups in total. The van der Waals surface area contributed by atoms with Crippen LogP contribution in [-0.4, -0.2) is 74.5 Å². The van der Waals surface area contributed by atoms with Gasteiger partial charge in [0, 0.05) is 44.1 Å². The van der Waals surface area contributed by atoms with Crippen LogP contribution >= 0.6 is 11.6 Å². The average molecular weight is 714 g/mol. The second-order valence-corrected chi connectivity index (χ2v) is 14.2. The first kappa shape index (κ1) is 33.7. The summed E-state index contributed by atoms with van der Waals surface area (Å²) < 4.78 is 53.9. The van der Waals surface area contributed by atoms with Crippen molar-refractivity contribution >= 4 is 40.8 Å². The van der Waals surface area contributed by atoms with Crippen LogP contribution in [0.1, 0.15) is 62.9 Å². The van der Waals surface area contributed by atoms with Crippen LogP contribution in [0, 0.1) is 0 Å². The number of nitrogens with one attached hydrogen (secondary N) is 1. The number of piperazine rings is 1. The number of benzene rings is 2. The summed E-state index contributed by atoms with van der Waals surface area (Å²) in [6, 6.07) is 7.38. The van der Waals surface area contributed by atoms with Crippen LogP contribution in [0.25, 0.3) is 17.2 Å². The van der Waals surface area contributed by atoms with Gasteiger partial charge in [0.1, 0.15) is 23.1 Å². The van der Waals surface area contributed by atoms with Crippen molar-refractivity contribution in [3.05, 3.63) is 68.6 Å². The van der Waals surface area contributed by atoms with Gasteiger partial charge in [-0.15, -0.1) is 5.10 Å². The highest BCUT2D eigenvalue weighted by Gasteiger charge is 2.41. The monoisotopic (exact) mass is 713 g/mol. The smallest absolute Gasteiger partial charge is 0.416 e. The molecular formula is C34H35ClF3N7O5. The molecule has 2 atom stereocenters. The van der Waals surface area contributed by atoms with Crippen LogP contribution in [0.5, 0.6) is 5.75 Å². The molecule has 5 heterocycles. The highest BCUT2D eigenvalue weighted by Crippen LogP contribution is 2.43. The molecule has 2 aromatic heterocycles. The molecule has 2 aromatic carbocycles.